The summed E-state index contributed by atoms with van der Waals surface area (Å²) in [5.41, 5.74) is 0.700. The van der Waals surface area contributed by atoms with Crippen LogP contribution in [-0.4, -0.2) is 29.3 Å². The highest BCUT2D eigenvalue weighted by molar-refractivity contribution is 6.06. The van der Waals surface area contributed by atoms with Crippen LogP contribution in [0.4, 0.5) is 5.69 Å². The SMILES string of the molecule is CC(=O)N(CN1C(=O)[C@H]2CCCC[C@H]2C1=O)c1ccccc1. The van der Waals surface area contributed by atoms with Gasteiger partial charge in [-0.15, -0.1) is 0 Å². The van der Waals surface area contributed by atoms with E-state index in [-0.39, 0.29) is 36.2 Å². The molecule has 1 heterocycles. The molecule has 3 amide bonds. The van der Waals surface area contributed by atoms with Crippen molar-refractivity contribution in [2.45, 2.75) is 32.6 Å². The fourth-order valence-electron chi connectivity index (χ4n) is 3.48. The summed E-state index contributed by atoms with van der Waals surface area (Å²) in [6, 6.07) is 9.14. The van der Waals surface area contributed by atoms with Gasteiger partial charge in [0.15, 0.2) is 0 Å². The monoisotopic (exact) mass is 300 g/mol. The summed E-state index contributed by atoms with van der Waals surface area (Å²) < 4.78 is 0. The minimum atomic E-state index is -0.179. The topological polar surface area (TPSA) is 57.7 Å². The lowest BCUT2D eigenvalue weighted by Gasteiger charge is -2.26. The largest absolute Gasteiger partial charge is 0.294 e. The second-order valence-electron chi connectivity index (χ2n) is 6.03. The van der Waals surface area contributed by atoms with Crippen molar-refractivity contribution in [3.8, 4) is 0 Å². The molecule has 0 radical (unpaired) electrons. The Labute approximate surface area is 129 Å². The molecule has 1 aromatic carbocycles. The fraction of sp³-hybridized carbons (Fsp3) is 0.471. The number of hydrogen-bond donors (Lipinski definition) is 0. The molecule has 0 bridgehead atoms. The summed E-state index contributed by atoms with van der Waals surface area (Å²) in [6.45, 7) is 1.47. The highest BCUT2D eigenvalue weighted by Crippen LogP contribution is 2.38. The molecule has 0 aromatic heterocycles. The van der Waals surface area contributed by atoms with Crippen LogP contribution in [0.3, 0.4) is 0 Å². The maximum absolute atomic E-state index is 12.5. The first kappa shape index (κ1) is 14.8. The van der Waals surface area contributed by atoms with Gasteiger partial charge in [0, 0.05) is 12.6 Å². The average molecular weight is 300 g/mol. The average Bonchev–Trinajstić information content (AvgIpc) is 2.78. The summed E-state index contributed by atoms with van der Waals surface area (Å²) in [6.07, 6.45) is 3.58. The predicted octanol–water partition coefficient (Wildman–Crippen LogP) is 2.17. The van der Waals surface area contributed by atoms with Gasteiger partial charge in [-0.3, -0.25) is 24.2 Å². The zero-order valence-electron chi connectivity index (χ0n) is 12.7. The summed E-state index contributed by atoms with van der Waals surface area (Å²) in [4.78, 5) is 39.7. The van der Waals surface area contributed by atoms with Crippen LogP contribution < -0.4 is 4.90 Å². The molecule has 2 atom stereocenters. The minimum absolute atomic E-state index is 0.0179. The fourth-order valence-corrected chi connectivity index (χ4v) is 3.48. The lowest BCUT2D eigenvalue weighted by molar-refractivity contribution is -0.140. The second-order valence-corrected chi connectivity index (χ2v) is 6.03. The van der Waals surface area contributed by atoms with E-state index >= 15 is 0 Å². The first-order chi connectivity index (χ1) is 10.6. The predicted molar refractivity (Wildman–Crippen MR) is 81.8 cm³/mol. The Balaban J connectivity index is 1.83. The summed E-state index contributed by atoms with van der Waals surface area (Å²) >= 11 is 0. The molecule has 0 unspecified atom stereocenters. The van der Waals surface area contributed by atoms with Gasteiger partial charge in [-0.05, 0) is 25.0 Å². The third kappa shape index (κ3) is 2.51. The Morgan fingerprint density at radius 3 is 2.14 bits per heavy atom. The number of anilines is 1. The standard InChI is InChI=1S/C17H20N2O3/c1-12(20)18(13-7-3-2-4-8-13)11-19-16(21)14-9-5-6-10-15(14)17(19)22/h2-4,7-8,14-15H,5-6,9-11H2,1H3/t14-,15+. The molecule has 5 heteroatoms. The van der Waals surface area contributed by atoms with Crippen molar-refractivity contribution in [3.05, 3.63) is 30.3 Å². The highest BCUT2D eigenvalue weighted by atomic mass is 16.2. The number of carbonyl (C=O) groups excluding carboxylic acids is 3. The van der Waals surface area contributed by atoms with Crippen LogP contribution in [0, 0.1) is 11.8 Å². The van der Waals surface area contributed by atoms with Gasteiger partial charge in [0.1, 0.15) is 6.67 Å². The zero-order chi connectivity index (χ0) is 15.7. The van der Waals surface area contributed by atoms with Crippen molar-refractivity contribution in [2.24, 2.45) is 11.8 Å². The van der Waals surface area contributed by atoms with E-state index in [1.54, 1.807) is 12.1 Å². The quantitative estimate of drug-likeness (QED) is 0.804. The van der Waals surface area contributed by atoms with E-state index < -0.39 is 0 Å². The van der Waals surface area contributed by atoms with Crippen molar-refractivity contribution < 1.29 is 14.4 Å². The van der Waals surface area contributed by atoms with Gasteiger partial charge in [-0.2, -0.15) is 0 Å². The van der Waals surface area contributed by atoms with Crippen molar-refractivity contribution in [1.82, 2.24) is 4.90 Å². The molecule has 1 saturated heterocycles. The molecule has 0 N–H and O–H groups in total. The third-order valence-electron chi connectivity index (χ3n) is 4.66. The molecule has 22 heavy (non-hydrogen) atoms. The second kappa shape index (κ2) is 5.91. The molecule has 1 aliphatic carbocycles. The van der Waals surface area contributed by atoms with Gasteiger partial charge >= 0.3 is 0 Å². The maximum Gasteiger partial charge on any atom is 0.234 e. The molecular formula is C17H20N2O3. The number of fused-ring (bicyclic) bond motifs is 1. The zero-order valence-corrected chi connectivity index (χ0v) is 12.7. The lowest BCUT2D eigenvalue weighted by Crippen LogP contribution is -2.44. The number of carbonyl (C=O) groups is 3. The number of para-hydroxylation sites is 1. The van der Waals surface area contributed by atoms with E-state index in [9.17, 15) is 14.4 Å². The van der Waals surface area contributed by atoms with Gasteiger partial charge in [-0.25, -0.2) is 0 Å². The van der Waals surface area contributed by atoms with Gasteiger partial charge in [0.2, 0.25) is 17.7 Å². The van der Waals surface area contributed by atoms with E-state index in [0.29, 0.717) is 5.69 Å². The van der Waals surface area contributed by atoms with E-state index in [1.807, 2.05) is 18.2 Å². The number of benzene rings is 1. The number of hydrogen-bond acceptors (Lipinski definition) is 3. The van der Waals surface area contributed by atoms with Crippen molar-refractivity contribution >= 4 is 23.4 Å². The number of amides is 3. The molecule has 116 valence electrons. The van der Waals surface area contributed by atoms with E-state index in [1.165, 1.54) is 16.7 Å². The van der Waals surface area contributed by atoms with Crippen molar-refractivity contribution in [2.75, 3.05) is 11.6 Å². The molecular weight excluding hydrogens is 280 g/mol. The van der Waals surface area contributed by atoms with Gasteiger partial charge in [-0.1, -0.05) is 31.0 Å². The molecule has 5 nitrogen and oxygen atoms in total. The first-order valence-corrected chi connectivity index (χ1v) is 7.78. The minimum Gasteiger partial charge on any atom is -0.294 e. The molecule has 2 aliphatic rings. The van der Waals surface area contributed by atoms with Crippen LogP contribution in [0.15, 0.2) is 30.3 Å². The Morgan fingerprint density at radius 1 is 1.09 bits per heavy atom. The molecule has 1 aliphatic heterocycles. The lowest BCUT2D eigenvalue weighted by atomic mass is 9.81. The summed E-state index contributed by atoms with van der Waals surface area (Å²) in [5.74, 6) is -0.757. The van der Waals surface area contributed by atoms with Crippen LogP contribution in [0.1, 0.15) is 32.6 Å². The smallest absolute Gasteiger partial charge is 0.234 e. The van der Waals surface area contributed by atoms with Crippen molar-refractivity contribution in [3.63, 3.8) is 0 Å². The van der Waals surface area contributed by atoms with E-state index in [2.05, 4.69) is 0 Å². The van der Waals surface area contributed by atoms with Crippen LogP contribution in [0.25, 0.3) is 0 Å². The molecule has 0 spiro atoms. The molecule has 1 aromatic rings. The van der Waals surface area contributed by atoms with Crippen LogP contribution in [-0.2, 0) is 14.4 Å². The number of likely N-dealkylation sites (tertiary alicyclic amines) is 1. The van der Waals surface area contributed by atoms with E-state index in [4.69, 9.17) is 0 Å². The maximum atomic E-state index is 12.5. The highest BCUT2D eigenvalue weighted by Gasteiger charge is 2.48. The Bertz CT molecular complexity index is 575. The number of rotatable bonds is 3. The van der Waals surface area contributed by atoms with Crippen LogP contribution >= 0.6 is 0 Å². The van der Waals surface area contributed by atoms with Gasteiger partial charge < -0.3 is 0 Å². The normalized spacial score (nSPS) is 24.3. The van der Waals surface area contributed by atoms with Crippen molar-refractivity contribution in [1.29, 1.82) is 0 Å². The summed E-state index contributed by atoms with van der Waals surface area (Å²) in [5, 5.41) is 0. The van der Waals surface area contributed by atoms with Gasteiger partial charge in [0.05, 0.1) is 11.8 Å². The Kier molecular flexibility index (Phi) is 3.96. The van der Waals surface area contributed by atoms with Crippen LogP contribution in [0.5, 0.6) is 0 Å². The molecule has 1 saturated carbocycles. The van der Waals surface area contributed by atoms with Crippen LogP contribution in [0.2, 0.25) is 0 Å². The van der Waals surface area contributed by atoms with Gasteiger partial charge in [0.25, 0.3) is 0 Å². The first-order valence-electron chi connectivity index (χ1n) is 7.78. The molecule has 2 fully saturated rings. The molecule has 3 rings (SSSR count). The Morgan fingerprint density at radius 2 is 1.64 bits per heavy atom. The number of nitrogens with zero attached hydrogens (tertiary/aromatic N) is 2. The third-order valence-corrected chi connectivity index (χ3v) is 4.66. The number of imide groups is 1. The van der Waals surface area contributed by atoms with E-state index in [0.717, 1.165) is 25.7 Å². The Hall–Kier alpha value is -2.17. The summed E-state index contributed by atoms with van der Waals surface area (Å²) in [7, 11) is 0.